The summed E-state index contributed by atoms with van der Waals surface area (Å²) in [7, 11) is 0. The minimum atomic E-state index is -0.276. The summed E-state index contributed by atoms with van der Waals surface area (Å²) in [4.78, 5) is 12.6. The van der Waals surface area contributed by atoms with Crippen molar-refractivity contribution in [1.29, 1.82) is 0 Å². The predicted molar refractivity (Wildman–Crippen MR) is 204 cm³/mol. The highest BCUT2D eigenvalue weighted by Crippen LogP contribution is 2.54. The van der Waals surface area contributed by atoms with Gasteiger partial charge in [-0.1, -0.05) is 143 Å². The van der Waals surface area contributed by atoms with Gasteiger partial charge in [-0.25, -0.2) is 9.97 Å². The zero-order chi connectivity index (χ0) is 34.0. The maximum atomic E-state index is 6.87. The first-order valence-electron chi connectivity index (χ1n) is 17.3. The Morgan fingerprint density at radius 3 is 1.50 bits per heavy atom. The molecule has 2 aliphatic heterocycles. The molecule has 9 rings (SSSR count). The van der Waals surface area contributed by atoms with Crippen molar-refractivity contribution in [2.24, 2.45) is 0 Å². The van der Waals surface area contributed by atoms with Crippen LogP contribution in [0.15, 0.2) is 152 Å². The lowest BCUT2D eigenvalue weighted by atomic mass is 9.73. The number of hydrogen-bond acceptors (Lipinski definition) is 4. The fourth-order valence-corrected chi connectivity index (χ4v) is 7.81. The number of aromatic nitrogens is 2. The maximum Gasteiger partial charge on any atom is 0.160 e. The Morgan fingerprint density at radius 1 is 0.440 bits per heavy atom. The van der Waals surface area contributed by atoms with E-state index >= 15 is 0 Å². The fraction of sp³-hybridized carbons (Fsp3) is 0.130. The van der Waals surface area contributed by atoms with Crippen molar-refractivity contribution in [1.82, 2.24) is 9.97 Å². The summed E-state index contributed by atoms with van der Waals surface area (Å²) in [6.07, 6.45) is 0. The number of hydrogen-bond donors (Lipinski definition) is 0. The molecule has 7 aromatic rings. The Bertz CT molecular complexity index is 2310. The third-order valence-corrected chi connectivity index (χ3v) is 10.5. The molecule has 0 saturated heterocycles. The number of nitrogens with zero attached hydrogens (tertiary/aromatic N) is 3. The van der Waals surface area contributed by atoms with Gasteiger partial charge in [0.2, 0.25) is 0 Å². The van der Waals surface area contributed by atoms with Gasteiger partial charge >= 0.3 is 0 Å². The van der Waals surface area contributed by atoms with Crippen LogP contribution >= 0.6 is 0 Å². The molecule has 4 heteroatoms. The topological polar surface area (TPSA) is 38.3 Å². The molecule has 0 N–H and O–H groups in total. The lowest BCUT2D eigenvalue weighted by Crippen LogP contribution is -2.30. The number of fused-ring (bicyclic) bond motifs is 4. The van der Waals surface area contributed by atoms with Gasteiger partial charge in [-0.2, -0.15) is 0 Å². The van der Waals surface area contributed by atoms with Crippen molar-refractivity contribution < 1.29 is 4.74 Å². The Hall–Kier alpha value is -6.00. The van der Waals surface area contributed by atoms with Gasteiger partial charge in [-0.15, -0.1) is 0 Å². The molecule has 3 heterocycles. The molecule has 0 unspecified atom stereocenters. The minimum absolute atomic E-state index is 0.119. The van der Waals surface area contributed by atoms with Crippen LogP contribution in [-0.4, -0.2) is 9.97 Å². The lowest BCUT2D eigenvalue weighted by Gasteiger charge is -2.42. The molecule has 0 atom stereocenters. The Kier molecular flexibility index (Phi) is 6.79. The predicted octanol–water partition coefficient (Wildman–Crippen LogP) is 12.0. The second-order valence-electron chi connectivity index (χ2n) is 14.3. The summed E-state index contributed by atoms with van der Waals surface area (Å²) in [6.45, 7) is 9.19. The third kappa shape index (κ3) is 4.74. The van der Waals surface area contributed by atoms with Crippen LogP contribution in [0.2, 0.25) is 0 Å². The standard InChI is InChI=1S/C46H37N3O/c1-45(2)34-19-11-13-21-40(34)49(41-22-14-12-20-35(41)45)33-24-26-37-43(28-33)50-42-27-32(23-25-36(42)46(37,3)4)44-47-38(30-15-7-5-8-16-30)29-39(48-44)31-17-9-6-10-18-31/h5-29H,1-4H3. The molecule has 0 aliphatic carbocycles. The summed E-state index contributed by atoms with van der Waals surface area (Å²) in [5.74, 6) is 2.35. The highest BCUT2D eigenvalue weighted by Gasteiger charge is 2.38. The Labute approximate surface area is 293 Å². The van der Waals surface area contributed by atoms with Crippen LogP contribution in [0, 0.1) is 0 Å². The van der Waals surface area contributed by atoms with Crippen molar-refractivity contribution in [2.75, 3.05) is 4.90 Å². The molecule has 242 valence electrons. The van der Waals surface area contributed by atoms with Crippen LogP contribution in [0.25, 0.3) is 33.9 Å². The van der Waals surface area contributed by atoms with E-state index in [0.717, 1.165) is 56.4 Å². The molecule has 0 saturated carbocycles. The van der Waals surface area contributed by atoms with Gasteiger partial charge in [0.05, 0.1) is 22.8 Å². The van der Waals surface area contributed by atoms with E-state index in [0.29, 0.717) is 5.82 Å². The van der Waals surface area contributed by atoms with E-state index in [-0.39, 0.29) is 10.8 Å². The third-order valence-electron chi connectivity index (χ3n) is 10.5. The number of rotatable bonds is 4. The number of anilines is 3. The summed E-state index contributed by atoms with van der Waals surface area (Å²) in [5, 5.41) is 0. The normalized spacial score (nSPS) is 14.8. The van der Waals surface area contributed by atoms with Gasteiger partial charge < -0.3 is 9.64 Å². The van der Waals surface area contributed by atoms with Crippen LogP contribution in [0.5, 0.6) is 11.5 Å². The van der Waals surface area contributed by atoms with Crippen LogP contribution in [0.1, 0.15) is 49.9 Å². The van der Waals surface area contributed by atoms with E-state index < -0.39 is 0 Å². The lowest BCUT2D eigenvalue weighted by molar-refractivity contribution is 0.418. The molecule has 0 bridgehead atoms. The SMILES string of the molecule is CC1(C)c2ccc(-c3nc(-c4ccccc4)cc(-c4ccccc4)n3)cc2Oc2cc(N3c4ccccc4C(C)(C)c4ccccc43)ccc21. The monoisotopic (exact) mass is 647 g/mol. The summed E-state index contributed by atoms with van der Waals surface area (Å²) in [6, 6.07) is 53.3. The number of ether oxygens (including phenoxy) is 1. The molecule has 0 fully saturated rings. The van der Waals surface area contributed by atoms with Gasteiger partial charge in [0.25, 0.3) is 0 Å². The average Bonchev–Trinajstić information content (AvgIpc) is 3.15. The van der Waals surface area contributed by atoms with Crippen molar-refractivity contribution in [3.05, 3.63) is 174 Å². The zero-order valence-corrected chi connectivity index (χ0v) is 28.7. The first-order valence-corrected chi connectivity index (χ1v) is 17.3. The van der Waals surface area contributed by atoms with Crippen LogP contribution in [0.3, 0.4) is 0 Å². The van der Waals surface area contributed by atoms with Gasteiger partial charge in [0.15, 0.2) is 5.82 Å². The highest BCUT2D eigenvalue weighted by atomic mass is 16.5. The van der Waals surface area contributed by atoms with Gasteiger partial charge in [0, 0.05) is 50.4 Å². The van der Waals surface area contributed by atoms with Gasteiger partial charge in [-0.3, -0.25) is 0 Å². The maximum absolute atomic E-state index is 6.87. The van der Waals surface area contributed by atoms with Crippen molar-refractivity contribution >= 4 is 17.1 Å². The summed E-state index contributed by atoms with van der Waals surface area (Å²) < 4.78 is 6.87. The average molecular weight is 648 g/mol. The van der Waals surface area contributed by atoms with E-state index in [4.69, 9.17) is 14.7 Å². The molecule has 4 nitrogen and oxygen atoms in total. The molecule has 0 radical (unpaired) electrons. The largest absolute Gasteiger partial charge is 0.457 e. The first-order chi connectivity index (χ1) is 24.3. The van der Waals surface area contributed by atoms with E-state index in [1.165, 1.54) is 22.5 Å². The van der Waals surface area contributed by atoms with Crippen LogP contribution in [0.4, 0.5) is 17.1 Å². The summed E-state index contributed by atoms with van der Waals surface area (Å²) >= 11 is 0. The highest BCUT2D eigenvalue weighted by molar-refractivity contribution is 5.86. The van der Waals surface area contributed by atoms with Crippen LogP contribution < -0.4 is 9.64 Å². The van der Waals surface area contributed by atoms with Crippen molar-refractivity contribution in [3.63, 3.8) is 0 Å². The van der Waals surface area contributed by atoms with E-state index in [1.54, 1.807) is 0 Å². The first kappa shape index (κ1) is 30.1. The Morgan fingerprint density at radius 2 is 0.920 bits per heavy atom. The van der Waals surface area contributed by atoms with E-state index in [2.05, 4.69) is 148 Å². The minimum Gasteiger partial charge on any atom is -0.457 e. The molecule has 0 spiro atoms. The molecule has 6 aromatic carbocycles. The smallest absolute Gasteiger partial charge is 0.160 e. The summed E-state index contributed by atoms with van der Waals surface area (Å²) in [5.41, 5.74) is 12.8. The van der Waals surface area contributed by atoms with Gasteiger partial charge in [-0.05, 0) is 41.5 Å². The number of benzene rings is 6. The molecule has 2 aliphatic rings. The van der Waals surface area contributed by atoms with Gasteiger partial charge in [0.1, 0.15) is 11.5 Å². The molecule has 50 heavy (non-hydrogen) atoms. The zero-order valence-electron chi connectivity index (χ0n) is 28.7. The van der Waals surface area contributed by atoms with E-state index in [9.17, 15) is 0 Å². The number of para-hydroxylation sites is 2. The Balaban J connectivity index is 1.15. The molecule has 0 amide bonds. The van der Waals surface area contributed by atoms with Crippen LogP contribution in [-0.2, 0) is 10.8 Å². The molecular weight excluding hydrogens is 611 g/mol. The molecule has 1 aromatic heterocycles. The second-order valence-corrected chi connectivity index (χ2v) is 14.3. The van der Waals surface area contributed by atoms with Crippen molar-refractivity contribution in [3.8, 4) is 45.4 Å². The van der Waals surface area contributed by atoms with E-state index in [1.807, 2.05) is 36.4 Å². The second kappa shape index (κ2) is 11.3. The fourth-order valence-electron chi connectivity index (χ4n) is 7.81. The molecular formula is C46H37N3O. The quantitative estimate of drug-likeness (QED) is 0.191. The van der Waals surface area contributed by atoms with Crippen molar-refractivity contribution in [2.45, 2.75) is 38.5 Å².